The summed E-state index contributed by atoms with van der Waals surface area (Å²) < 4.78 is 73.5. The van der Waals surface area contributed by atoms with Crippen molar-refractivity contribution in [2.75, 3.05) is 0 Å². The zero-order valence-corrected chi connectivity index (χ0v) is 10.9. The SMILES string of the molecule is FC(F)(F)c1cc(I)c(Br)c(C(F)(F)F)c1. The Hall–Kier alpha value is 0.01000. The van der Waals surface area contributed by atoms with Gasteiger partial charge in [-0.25, -0.2) is 0 Å². The van der Waals surface area contributed by atoms with E-state index in [9.17, 15) is 26.3 Å². The van der Waals surface area contributed by atoms with Gasteiger partial charge >= 0.3 is 12.4 Å². The van der Waals surface area contributed by atoms with Crippen molar-refractivity contribution in [2.24, 2.45) is 0 Å². The van der Waals surface area contributed by atoms with Gasteiger partial charge in [-0.3, -0.25) is 0 Å². The first-order valence-corrected chi connectivity index (χ1v) is 5.54. The fourth-order valence-electron chi connectivity index (χ4n) is 0.959. The molecule has 0 N–H and O–H groups in total. The van der Waals surface area contributed by atoms with Gasteiger partial charge < -0.3 is 0 Å². The van der Waals surface area contributed by atoms with Crippen LogP contribution < -0.4 is 0 Å². The van der Waals surface area contributed by atoms with Crippen molar-refractivity contribution in [3.63, 3.8) is 0 Å². The Morgan fingerprint density at radius 3 is 1.81 bits per heavy atom. The van der Waals surface area contributed by atoms with E-state index < -0.39 is 23.5 Å². The number of benzene rings is 1. The molecule has 0 saturated heterocycles. The molecule has 16 heavy (non-hydrogen) atoms. The maximum Gasteiger partial charge on any atom is 0.417 e. The number of hydrogen-bond acceptors (Lipinski definition) is 0. The van der Waals surface area contributed by atoms with Crippen molar-refractivity contribution >= 4 is 38.5 Å². The highest BCUT2D eigenvalue weighted by atomic mass is 127. The number of hydrogen-bond donors (Lipinski definition) is 0. The smallest absolute Gasteiger partial charge is 0.166 e. The molecule has 0 atom stereocenters. The van der Waals surface area contributed by atoms with E-state index in [1.807, 2.05) is 0 Å². The Balaban J connectivity index is 3.46. The molecule has 0 spiro atoms. The summed E-state index contributed by atoms with van der Waals surface area (Å²) in [6, 6.07) is 0.742. The molecule has 0 amide bonds. The van der Waals surface area contributed by atoms with Gasteiger partial charge in [0.15, 0.2) is 0 Å². The lowest BCUT2D eigenvalue weighted by molar-refractivity contribution is -0.143. The van der Waals surface area contributed by atoms with E-state index in [1.54, 1.807) is 0 Å². The van der Waals surface area contributed by atoms with Crippen LogP contribution in [0.5, 0.6) is 0 Å². The van der Waals surface area contributed by atoms with Crippen molar-refractivity contribution in [1.29, 1.82) is 0 Å². The number of rotatable bonds is 0. The molecular formula is C8H2BrF6I. The molecule has 0 radical (unpaired) electrons. The Morgan fingerprint density at radius 2 is 1.44 bits per heavy atom. The molecule has 0 fully saturated rings. The van der Waals surface area contributed by atoms with Gasteiger partial charge in [-0.1, -0.05) is 0 Å². The van der Waals surface area contributed by atoms with E-state index in [0.29, 0.717) is 6.07 Å². The molecule has 0 aromatic heterocycles. The molecule has 0 aliphatic carbocycles. The van der Waals surface area contributed by atoms with E-state index in [0.717, 1.165) is 0 Å². The van der Waals surface area contributed by atoms with Crippen LogP contribution in [0.1, 0.15) is 11.1 Å². The Morgan fingerprint density at radius 1 is 0.938 bits per heavy atom. The largest absolute Gasteiger partial charge is 0.417 e. The fraction of sp³-hybridized carbons (Fsp3) is 0.250. The summed E-state index contributed by atoms with van der Waals surface area (Å²) >= 11 is 4.03. The summed E-state index contributed by atoms with van der Waals surface area (Å²) in [7, 11) is 0. The molecule has 0 nitrogen and oxygen atoms in total. The molecule has 0 heterocycles. The maximum absolute atomic E-state index is 12.4. The fourth-order valence-corrected chi connectivity index (χ4v) is 2.04. The van der Waals surface area contributed by atoms with Crippen molar-refractivity contribution in [3.05, 3.63) is 31.3 Å². The van der Waals surface area contributed by atoms with Crippen LogP contribution in [-0.4, -0.2) is 0 Å². The quantitative estimate of drug-likeness (QED) is 0.406. The van der Waals surface area contributed by atoms with Gasteiger partial charge in [0.1, 0.15) is 0 Å². The molecule has 90 valence electrons. The first-order valence-electron chi connectivity index (χ1n) is 3.67. The van der Waals surface area contributed by atoms with Gasteiger partial charge in [0, 0.05) is 8.04 Å². The van der Waals surface area contributed by atoms with Crippen LogP contribution in [0.2, 0.25) is 0 Å². The molecular weight excluding hydrogens is 417 g/mol. The number of alkyl halides is 6. The second kappa shape index (κ2) is 4.35. The molecule has 1 aromatic carbocycles. The summed E-state index contributed by atoms with van der Waals surface area (Å²) in [6.07, 6.45) is -9.61. The normalized spacial score (nSPS) is 13.0. The molecule has 1 aromatic rings. The lowest BCUT2D eigenvalue weighted by atomic mass is 10.1. The zero-order valence-electron chi connectivity index (χ0n) is 7.18. The van der Waals surface area contributed by atoms with Crippen molar-refractivity contribution in [2.45, 2.75) is 12.4 Å². The molecule has 1 rings (SSSR count). The lowest BCUT2D eigenvalue weighted by Crippen LogP contribution is -2.12. The van der Waals surface area contributed by atoms with E-state index >= 15 is 0 Å². The second-order valence-electron chi connectivity index (χ2n) is 2.82. The van der Waals surface area contributed by atoms with Gasteiger partial charge in [0.25, 0.3) is 0 Å². The molecule has 0 aliphatic rings. The van der Waals surface area contributed by atoms with Crippen LogP contribution in [0.3, 0.4) is 0 Å². The van der Waals surface area contributed by atoms with Gasteiger partial charge in [0.05, 0.1) is 11.1 Å². The van der Waals surface area contributed by atoms with Gasteiger partial charge in [-0.2, -0.15) is 26.3 Å². The Kier molecular flexibility index (Phi) is 3.83. The molecule has 0 aliphatic heterocycles. The van der Waals surface area contributed by atoms with Crippen LogP contribution in [0.15, 0.2) is 16.6 Å². The first-order chi connectivity index (χ1) is 7.03. The van der Waals surface area contributed by atoms with E-state index in [4.69, 9.17) is 0 Å². The Bertz CT molecular complexity index is 408. The van der Waals surface area contributed by atoms with E-state index in [2.05, 4.69) is 15.9 Å². The van der Waals surface area contributed by atoms with Gasteiger partial charge in [-0.05, 0) is 50.7 Å². The summed E-state index contributed by atoms with van der Waals surface area (Å²) in [6.45, 7) is 0. The monoisotopic (exact) mass is 418 g/mol. The minimum absolute atomic E-state index is 0.0895. The molecule has 8 heteroatoms. The average molecular weight is 419 g/mol. The average Bonchev–Trinajstić information content (AvgIpc) is 2.05. The van der Waals surface area contributed by atoms with Crippen LogP contribution in [-0.2, 0) is 12.4 Å². The molecule has 0 unspecified atom stereocenters. The minimum atomic E-state index is -4.82. The lowest BCUT2D eigenvalue weighted by Gasteiger charge is -2.14. The molecule has 0 bridgehead atoms. The van der Waals surface area contributed by atoms with Gasteiger partial charge in [0.2, 0.25) is 0 Å². The predicted octanol–water partition coefficient (Wildman–Crippen LogP) is 5.09. The third-order valence-electron chi connectivity index (χ3n) is 1.66. The number of halogens is 8. The minimum Gasteiger partial charge on any atom is -0.166 e. The Labute approximate surface area is 108 Å². The maximum atomic E-state index is 12.4. The topological polar surface area (TPSA) is 0 Å². The third-order valence-corrected chi connectivity index (χ3v) is 4.11. The van der Waals surface area contributed by atoms with Crippen LogP contribution >= 0.6 is 38.5 Å². The standard InChI is InChI=1S/C8H2BrF6I/c9-6-4(8(13,14)15)1-3(2-5(6)16)7(10,11)12/h1-2H. The van der Waals surface area contributed by atoms with Crippen molar-refractivity contribution < 1.29 is 26.3 Å². The van der Waals surface area contributed by atoms with Crippen LogP contribution in [0.4, 0.5) is 26.3 Å². The van der Waals surface area contributed by atoms with E-state index in [1.165, 1.54) is 22.6 Å². The summed E-state index contributed by atoms with van der Waals surface area (Å²) in [5.74, 6) is 0. The van der Waals surface area contributed by atoms with Crippen LogP contribution in [0, 0.1) is 3.57 Å². The zero-order chi connectivity index (χ0) is 12.7. The van der Waals surface area contributed by atoms with E-state index in [-0.39, 0.29) is 14.1 Å². The highest BCUT2D eigenvalue weighted by molar-refractivity contribution is 14.1. The third kappa shape index (κ3) is 3.02. The predicted molar refractivity (Wildman–Crippen MR) is 56.9 cm³/mol. The summed E-state index contributed by atoms with van der Waals surface area (Å²) in [5.41, 5.74) is -2.64. The highest BCUT2D eigenvalue weighted by Gasteiger charge is 2.38. The van der Waals surface area contributed by atoms with Crippen molar-refractivity contribution in [3.8, 4) is 0 Å². The second-order valence-corrected chi connectivity index (χ2v) is 4.77. The summed E-state index contributed by atoms with van der Waals surface area (Å²) in [4.78, 5) is 0. The van der Waals surface area contributed by atoms with Crippen LogP contribution in [0.25, 0.3) is 0 Å². The molecule has 0 saturated carbocycles. The van der Waals surface area contributed by atoms with Gasteiger partial charge in [-0.15, -0.1) is 0 Å². The first kappa shape index (κ1) is 14.1. The van der Waals surface area contributed by atoms with Crippen molar-refractivity contribution in [1.82, 2.24) is 0 Å². The highest BCUT2D eigenvalue weighted by Crippen LogP contribution is 2.41. The summed E-state index contributed by atoms with van der Waals surface area (Å²) in [5, 5.41) is 0.